The lowest BCUT2D eigenvalue weighted by atomic mass is 9.43. The molecule has 0 amide bonds. The Morgan fingerprint density at radius 3 is 2.57 bits per heavy atom. The average Bonchev–Trinajstić information content (AvgIpc) is 3.15. The van der Waals surface area contributed by atoms with Crippen LogP contribution >= 0.6 is 0 Å². The summed E-state index contributed by atoms with van der Waals surface area (Å²) in [6.45, 7) is 5.11. The maximum Gasteiger partial charge on any atom is 0.0771 e. The number of piperidine rings is 1. The van der Waals surface area contributed by atoms with Gasteiger partial charge in [0, 0.05) is 68.9 Å². The van der Waals surface area contributed by atoms with Crippen LogP contribution in [0.3, 0.4) is 0 Å². The molecule has 30 heavy (non-hydrogen) atoms. The zero-order valence-corrected chi connectivity index (χ0v) is 18.9. The zero-order valence-electron chi connectivity index (χ0n) is 18.9. The molecule has 5 saturated carbocycles. The highest BCUT2D eigenvalue weighted by Gasteiger charge is 2.83. The second-order valence-electron chi connectivity index (χ2n) is 11.5. The highest BCUT2D eigenvalue weighted by molar-refractivity contribution is 5.33. The Bertz CT molecular complexity index is 720. The third kappa shape index (κ3) is 2.00. The number of hydrogen-bond acceptors (Lipinski definition) is 6. The molecule has 6 nitrogen and oxygen atoms in total. The first-order chi connectivity index (χ1) is 14.4. The fourth-order valence-electron chi connectivity index (χ4n) is 10.7. The number of likely N-dealkylation sites (tertiary alicyclic amines) is 1. The van der Waals surface area contributed by atoms with Gasteiger partial charge in [-0.1, -0.05) is 6.92 Å². The van der Waals surface area contributed by atoms with Crippen LogP contribution in [0.25, 0.3) is 0 Å². The lowest BCUT2D eigenvalue weighted by Gasteiger charge is -2.69. The predicted molar refractivity (Wildman–Crippen MR) is 111 cm³/mol. The van der Waals surface area contributed by atoms with Gasteiger partial charge in [0.25, 0.3) is 0 Å². The van der Waals surface area contributed by atoms with E-state index in [2.05, 4.69) is 11.8 Å². The van der Waals surface area contributed by atoms with Crippen molar-refractivity contribution in [1.29, 1.82) is 0 Å². The van der Waals surface area contributed by atoms with Crippen molar-refractivity contribution in [2.75, 3.05) is 41.0 Å². The van der Waals surface area contributed by atoms with E-state index >= 15 is 0 Å². The molecule has 2 N–H and O–H groups in total. The van der Waals surface area contributed by atoms with Gasteiger partial charge in [-0.2, -0.15) is 0 Å². The summed E-state index contributed by atoms with van der Waals surface area (Å²) >= 11 is 0. The molecule has 0 radical (unpaired) electrons. The minimum absolute atomic E-state index is 0.000283. The number of methoxy groups -OCH3 is 3. The molecule has 6 aliphatic rings. The van der Waals surface area contributed by atoms with Crippen LogP contribution in [-0.4, -0.2) is 86.1 Å². The second-order valence-corrected chi connectivity index (χ2v) is 11.5. The van der Waals surface area contributed by atoms with Crippen LogP contribution in [0, 0.1) is 40.4 Å². The fraction of sp³-hybridized carbons (Fsp3) is 1.00. The van der Waals surface area contributed by atoms with Crippen molar-refractivity contribution < 1.29 is 24.4 Å². The minimum atomic E-state index is -0.847. The quantitative estimate of drug-likeness (QED) is 0.702. The predicted octanol–water partition coefficient (Wildman–Crippen LogP) is 1.53. The van der Waals surface area contributed by atoms with E-state index in [4.69, 9.17) is 14.2 Å². The van der Waals surface area contributed by atoms with Gasteiger partial charge < -0.3 is 24.4 Å². The van der Waals surface area contributed by atoms with Crippen LogP contribution in [0.2, 0.25) is 0 Å². The lowest BCUT2D eigenvalue weighted by Crippen LogP contribution is -2.76. The van der Waals surface area contributed by atoms with Gasteiger partial charge in [0.1, 0.15) is 0 Å². The largest absolute Gasteiger partial charge is 0.392 e. The van der Waals surface area contributed by atoms with Crippen LogP contribution in [0.15, 0.2) is 0 Å². The number of aliphatic hydroxyl groups excluding tert-OH is 1. The van der Waals surface area contributed by atoms with Crippen LogP contribution in [0.1, 0.15) is 39.0 Å². The van der Waals surface area contributed by atoms with Gasteiger partial charge in [0.15, 0.2) is 0 Å². The number of nitrogens with zero attached hydrogens (tertiary/aromatic N) is 1. The third-order valence-electron chi connectivity index (χ3n) is 11.2. The van der Waals surface area contributed by atoms with Crippen molar-refractivity contribution in [3.8, 4) is 0 Å². The maximum atomic E-state index is 12.4. The molecule has 12 atom stereocenters. The molecule has 1 aliphatic heterocycles. The molecule has 1 unspecified atom stereocenters. The second kappa shape index (κ2) is 6.42. The molecule has 7 bridgehead atoms. The summed E-state index contributed by atoms with van der Waals surface area (Å²) in [5, 5.41) is 23.8. The van der Waals surface area contributed by atoms with Crippen molar-refractivity contribution >= 4 is 0 Å². The zero-order chi connectivity index (χ0) is 21.1. The number of fused-ring (bicyclic) bond motifs is 2. The highest BCUT2D eigenvalue weighted by Crippen LogP contribution is 2.79. The van der Waals surface area contributed by atoms with Crippen LogP contribution in [0.5, 0.6) is 0 Å². The molecule has 0 aromatic carbocycles. The van der Waals surface area contributed by atoms with Gasteiger partial charge in [0.2, 0.25) is 0 Å². The smallest absolute Gasteiger partial charge is 0.0771 e. The van der Waals surface area contributed by atoms with Crippen molar-refractivity contribution in [3.63, 3.8) is 0 Å². The van der Waals surface area contributed by atoms with Crippen molar-refractivity contribution in [1.82, 2.24) is 4.90 Å². The molecule has 5 aliphatic carbocycles. The first kappa shape index (κ1) is 20.4. The normalized spacial score (nSPS) is 60.8. The van der Waals surface area contributed by atoms with Gasteiger partial charge >= 0.3 is 0 Å². The van der Waals surface area contributed by atoms with Gasteiger partial charge in [-0.15, -0.1) is 0 Å². The number of ether oxygens (including phenoxy) is 3. The topological polar surface area (TPSA) is 71.4 Å². The third-order valence-corrected chi connectivity index (χ3v) is 11.2. The Hall–Kier alpha value is -0.240. The minimum Gasteiger partial charge on any atom is -0.392 e. The summed E-state index contributed by atoms with van der Waals surface area (Å²) in [6, 6.07) is 0.329. The molecule has 6 rings (SSSR count). The first-order valence-electron chi connectivity index (χ1n) is 12.1. The number of rotatable bonds is 5. The van der Waals surface area contributed by atoms with Crippen molar-refractivity contribution in [3.05, 3.63) is 0 Å². The van der Waals surface area contributed by atoms with Crippen molar-refractivity contribution in [2.45, 2.75) is 69.0 Å². The molecule has 6 fully saturated rings. The summed E-state index contributed by atoms with van der Waals surface area (Å²) < 4.78 is 18.0. The Kier molecular flexibility index (Phi) is 4.36. The van der Waals surface area contributed by atoms with Crippen molar-refractivity contribution in [2.24, 2.45) is 40.4 Å². The molecule has 1 spiro atoms. The number of aliphatic hydroxyl groups is 2. The fourth-order valence-corrected chi connectivity index (χ4v) is 10.7. The molecule has 0 aromatic rings. The van der Waals surface area contributed by atoms with Crippen LogP contribution in [-0.2, 0) is 14.2 Å². The Labute approximate surface area is 180 Å². The monoisotopic (exact) mass is 421 g/mol. The van der Waals surface area contributed by atoms with E-state index in [1.165, 1.54) is 0 Å². The Morgan fingerprint density at radius 1 is 1.10 bits per heavy atom. The summed E-state index contributed by atoms with van der Waals surface area (Å²) in [5.41, 5.74) is -0.719. The van der Waals surface area contributed by atoms with E-state index in [0.717, 1.165) is 45.4 Å². The molecule has 170 valence electrons. The van der Waals surface area contributed by atoms with E-state index in [0.29, 0.717) is 18.4 Å². The molecule has 0 aromatic heterocycles. The Morgan fingerprint density at radius 2 is 1.90 bits per heavy atom. The molecule has 6 heteroatoms. The first-order valence-corrected chi connectivity index (χ1v) is 12.1. The lowest BCUT2D eigenvalue weighted by molar-refractivity contribution is -0.276. The maximum absolute atomic E-state index is 12.4. The standard InChI is InChI=1S/C24H39NO5/c1-5-25-11-22(12-28-2)7-6-18(30-4)24-14-8-13-16(29-3)10-23(27,19(14)20(13)26)15(21(24)25)9-17(22)24/h13-21,26-27H,5-12H2,1-4H3/t13-,14-,15+,16-,17-,18+,19-,20+,21?,22+,23+,24-/m0/s1. The van der Waals surface area contributed by atoms with Gasteiger partial charge in [-0.25, -0.2) is 0 Å². The van der Waals surface area contributed by atoms with Crippen LogP contribution < -0.4 is 0 Å². The van der Waals surface area contributed by atoms with E-state index in [-0.39, 0.29) is 46.7 Å². The summed E-state index contributed by atoms with van der Waals surface area (Å²) in [5.74, 6) is 1.03. The van der Waals surface area contributed by atoms with Gasteiger partial charge in [-0.3, -0.25) is 4.90 Å². The van der Waals surface area contributed by atoms with E-state index in [1.807, 2.05) is 14.2 Å². The average molecular weight is 422 g/mol. The summed E-state index contributed by atoms with van der Waals surface area (Å²) in [6.07, 6.45) is 4.52. The van der Waals surface area contributed by atoms with E-state index in [1.54, 1.807) is 7.11 Å². The van der Waals surface area contributed by atoms with E-state index < -0.39 is 11.7 Å². The molecule has 1 saturated heterocycles. The molecule has 1 heterocycles. The SMILES string of the molecule is CCN1C[C@@]2(COC)CC[C@@H](OC)[C@@]34C1[C@@H](C[C@@H]23)[C@]1(O)C[C@H](OC)[C@@H]2C[C@H]4[C@H]1[C@@H]2O. The Balaban J connectivity index is 1.58. The van der Waals surface area contributed by atoms with Crippen LogP contribution in [0.4, 0.5) is 0 Å². The summed E-state index contributed by atoms with van der Waals surface area (Å²) in [7, 11) is 5.48. The summed E-state index contributed by atoms with van der Waals surface area (Å²) in [4.78, 5) is 2.67. The molecular weight excluding hydrogens is 382 g/mol. The highest BCUT2D eigenvalue weighted by atomic mass is 16.5. The molecular formula is C24H39NO5. The number of hydrogen-bond donors (Lipinski definition) is 2. The van der Waals surface area contributed by atoms with Gasteiger partial charge in [-0.05, 0) is 44.1 Å². The van der Waals surface area contributed by atoms with E-state index in [9.17, 15) is 10.2 Å². The van der Waals surface area contributed by atoms with Gasteiger partial charge in [0.05, 0.1) is 30.5 Å².